The zero-order valence-electron chi connectivity index (χ0n) is 14.6. The molecule has 1 aliphatic heterocycles. The summed E-state index contributed by atoms with van der Waals surface area (Å²) in [6, 6.07) is 13.5. The van der Waals surface area contributed by atoms with Crippen molar-refractivity contribution < 1.29 is 17.2 Å². The Bertz CT molecular complexity index is 1000. The molecule has 1 saturated heterocycles. The highest BCUT2D eigenvalue weighted by atomic mass is 32.2. The van der Waals surface area contributed by atoms with Crippen molar-refractivity contribution in [1.29, 1.82) is 0 Å². The smallest absolute Gasteiger partial charge is 0.298 e. The summed E-state index contributed by atoms with van der Waals surface area (Å²) in [5.74, 6) is -0.563. The van der Waals surface area contributed by atoms with Crippen molar-refractivity contribution >= 4 is 27.1 Å². The zero-order valence-corrected chi connectivity index (χ0v) is 15.5. The number of nitrogens with one attached hydrogen (secondary N) is 1. The summed E-state index contributed by atoms with van der Waals surface area (Å²) in [4.78, 5) is 6.53. The molecule has 0 radical (unpaired) electrons. The predicted octanol–water partition coefficient (Wildman–Crippen LogP) is 3.06. The Morgan fingerprint density at radius 3 is 2.74 bits per heavy atom. The summed E-state index contributed by atoms with van der Waals surface area (Å²) in [5, 5.41) is 0. The lowest BCUT2D eigenvalue weighted by Gasteiger charge is -2.23. The van der Waals surface area contributed by atoms with Gasteiger partial charge in [-0.05, 0) is 42.7 Å². The lowest BCUT2D eigenvalue weighted by atomic mass is 10.2. The Labute approximate surface area is 157 Å². The van der Waals surface area contributed by atoms with Crippen LogP contribution in [0.1, 0.15) is 18.4 Å². The molecule has 1 atom stereocenters. The second kappa shape index (κ2) is 7.28. The summed E-state index contributed by atoms with van der Waals surface area (Å²) in [6.07, 6.45) is 1.81. The summed E-state index contributed by atoms with van der Waals surface area (Å²) in [7, 11) is -3.52. The van der Waals surface area contributed by atoms with Crippen LogP contribution in [0, 0.1) is 5.82 Å². The average Bonchev–Trinajstić information content (AvgIpc) is 3.28. The van der Waals surface area contributed by atoms with Crippen LogP contribution in [0.2, 0.25) is 0 Å². The van der Waals surface area contributed by atoms with Crippen molar-refractivity contribution in [3.05, 3.63) is 59.9 Å². The number of para-hydroxylation sites is 2. The fourth-order valence-corrected chi connectivity index (χ4v) is 4.54. The molecule has 0 spiro atoms. The van der Waals surface area contributed by atoms with E-state index in [9.17, 15) is 12.8 Å². The predicted molar refractivity (Wildman–Crippen MR) is 101 cm³/mol. The minimum Gasteiger partial charge on any atom is -0.423 e. The minimum atomic E-state index is -3.52. The van der Waals surface area contributed by atoms with Gasteiger partial charge in [-0.3, -0.25) is 0 Å². The Hall–Kier alpha value is -2.45. The van der Waals surface area contributed by atoms with Crippen molar-refractivity contribution in [2.75, 3.05) is 18.0 Å². The maximum absolute atomic E-state index is 13.0. The lowest BCUT2D eigenvalue weighted by molar-refractivity contribution is 0.533. The Morgan fingerprint density at radius 2 is 1.96 bits per heavy atom. The second-order valence-corrected chi connectivity index (χ2v) is 8.49. The normalized spacial score (nSPS) is 17.7. The first kappa shape index (κ1) is 17.9. The molecule has 6 nitrogen and oxygen atoms in total. The van der Waals surface area contributed by atoms with Crippen LogP contribution in [0.4, 0.5) is 10.4 Å². The quantitative estimate of drug-likeness (QED) is 0.701. The van der Waals surface area contributed by atoms with Crippen molar-refractivity contribution in [2.24, 2.45) is 0 Å². The zero-order chi connectivity index (χ0) is 18.9. The third-order valence-electron chi connectivity index (χ3n) is 4.71. The van der Waals surface area contributed by atoms with Gasteiger partial charge in [0.15, 0.2) is 5.58 Å². The van der Waals surface area contributed by atoms with Gasteiger partial charge in [0.2, 0.25) is 10.0 Å². The second-order valence-electron chi connectivity index (χ2n) is 6.69. The minimum absolute atomic E-state index is 0.0129. The number of hydrogen-bond donors (Lipinski definition) is 1. The average molecular weight is 389 g/mol. The van der Waals surface area contributed by atoms with E-state index in [1.54, 1.807) is 0 Å². The van der Waals surface area contributed by atoms with E-state index in [0.29, 0.717) is 11.6 Å². The molecule has 1 fully saturated rings. The molecular formula is C19H20FN3O3S. The molecule has 1 aromatic heterocycles. The largest absolute Gasteiger partial charge is 0.423 e. The molecule has 0 aliphatic carbocycles. The highest BCUT2D eigenvalue weighted by Gasteiger charge is 2.29. The summed E-state index contributed by atoms with van der Waals surface area (Å²) < 4.78 is 46.2. The van der Waals surface area contributed by atoms with E-state index in [-0.39, 0.29) is 24.2 Å². The lowest BCUT2D eigenvalue weighted by Crippen LogP contribution is -2.40. The van der Waals surface area contributed by atoms with Gasteiger partial charge < -0.3 is 9.32 Å². The molecule has 0 saturated carbocycles. The topological polar surface area (TPSA) is 75.4 Å². The van der Waals surface area contributed by atoms with Gasteiger partial charge in [0.1, 0.15) is 11.3 Å². The summed E-state index contributed by atoms with van der Waals surface area (Å²) in [6.45, 7) is 1.05. The third-order valence-corrected chi connectivity index (χ3v) is 6.03. The van der Waals surface area contributed by atoms with Gasteiger partial charge in [0.25, 0.3) is 6.01 Å². The molecule has 27 heavy (non-hydrogen) atoms. The number of anilines is 1. The highest BCUT2D eigenvalue weighted by molar-refractivity contribution is 7.88. The first-order valence-corrected chi connectivity index (χ1v) is 10.5. The molecule has 0 amide bonds. The summed E-state index contributed by atoms with van der Waals surface area (Å²) >= 11 is 0. The van der Waals surface area contributed by atoms with Gasteiger partial charge in [-0.25, -0.2) is 17.5 Å². The van der Waals surface area contributed by atoms with Crippen LogP contribution < -0.4 is 9.62 Å². The number of sulfonamides is 1. The van der Waals surface area contributed by atoms with Crippen molar-refractivity contribution in [3.63, 3.8) is 0 Å². The van der Waals surface area contributed by atoms with E-state index in [4.69, 9.17) is 4.42 Å². The Morgan fingerprint density at radius 1 is 1.19 bits per heavy atom. The van der Waals surface area contributed by atoms with E-state index in [1.807, 2.05) is 29.2 Å². The molecule has 1 aliphatic rings. The number of halogens is 1. The third kappa shape index (κ3) is 4.12. The van der Waals surface area contributed by atoms with Crippen LogP contribution in [0.15, 0.2) is 52.9 Å². The number of benzene rings is 2. The molecule has 2 aromatic carbocycles. The Balaban J connectivity index is 1.42. The van der Waals surface area contributed by atoms with Crippen molar-refractivity contribution in [2.45, 2.75) is 24.6 Å². The SMILES string of the molecule is O=S(=O)(Cc1ccc(F)cc1)NCC1CCCN1c1nc2ccccc2o1. The molecule has 1 N–H and O–H groups in total. The molecule has 0 bridgehead atoms. The van der Waals surface area contributed by atoms with Crippen LogP contribution in [0.5, 0.6) is 0 Å². The van der Waals surface area contributed by atoms with Gasteiger partial charge in [-0.1, -0.05) is 24.3 Å². The van der Waals surface area contributed by atoms with Crippen LogP contribution in [0.3, 0.4) is 0 Å². The molecule has 2 heterocycles. The maximum Gasteiger partial charge on any atom is 0.298 e. The van der Waals surface area contributed by atoms with E-state index in [1.165, 1.54) is 24.3 Å². The number of fused-ring (bicyclic) bond motifs is 1. The standard InChI is InChI=1S/C19H20FN3O3S/c20-15-9-7-14(8-10-15)13-27(24,25)21-12-16-4-3-11-23(16)19-22-17-5-1-2-6-18(17)26-19/h1-2,5-10,16,21H,3-4,11-13H2. The monoisotopic (exact) mass is 389 g/mol. The number of rotatable bonds is 6. The molecule has 3 aromatic rings. The van der Waals surface area contributed by atoms with E-state index >= 15 is 0 Å². The van der Waals surface area contributed by atoms with Crippen LogP contribution in [0.25, 0.3) is 11.1 Å². The molecule has 1 unspecified atom stereocenters. The highest BCUT2D eigenvalue weighted by Crippen LogP contribution is 2.28. The van der Waals surface area contributed by atoms with E-state index in [2.05, 4.69) is 9.71 Å². The fourth-order valence-electron chi connectivity index (χ4n) is 3.36. The van der Waals surface area contributed by atoms with Crippen LogP contribution >= 0.6 is 0 Å². The number of aromatic nitrogens is 1. The van der Waals surface area contributed by atoms with Crippen LogP contribution in [-0.2, 0) is 15.8 Å². The number of nitrogens with zero attached hydrogens (tertiary/aromatic N) is 2. The van der Waals surface area contributed by atoms with Crippen LogP contribution in [-0.4, -0.2) is 32.5 Å². The number of hydrogen-bond acceptors (Lipinski definition) is 5. The van der Waals surface area contributed by atoms with E-state index in [0.717, 1.165) is 30.5 Å². The van der Waals surface area contributed by atoms with Gasteiger partial charge in [0.05, 0.1) is 5.75 Å². The summed E-state index contributed by atoms with van der Waals surface area (Å²) in [5.41, 5.74) is 2.05. The first-order chi connectivity index (χ1) is 13.0. The first-order valence-electron chi connectivity index (χ1n) is 8.84. The van der Waals surface area contributed by atoms with Gasteiger partial charge in [-0.15, -0.1) is 0 Å². The molecule has 4 rings (SSSR count). The Kier molecular flexibility index (Phi) is 4.84. The van der Waals surface area contributed by atoms with Crippen molar-refractivity contribution in [1.82, 2.24) is 9.71 Å². The van der Waals surface area contributed by atoms with Gasteiger partial charge in [0, 0.05) is 19.1 Å². The number of oxazole rings is 1. The van der Waals surface area contributed by atoms with Gasteiger partial charge in [-0.2, -0.15) is 4.98 Å². The fraction of sp³-hybridized carbons (Fsp3) is 0.316. The van der Waals surface area contributed by atoms with Crippen molar-refractivity contribution in [3.8, 4) is 0 Å². The van der Waals surface area contributed by atoms with Gasteiger partial charge >= 0.3 is 0 Å². The molecular weight excluding hydrogens is 369 g/mol. The molecule has 142 valence electrons. The van der Waals surface area contributed by atoms with E-state index < -0.39 is 10.0 Å². The maximum atomic E-state index is 13.0. The molecule has 8 heteroatoms.